The molecule has 0 aromatic carbocycles. The lowest BCUT2D eigenvalue weighted by molar-refractivity contribution is 0.526. The molecule has 0 heterocycles. The molecule has 12 heavy (non-hydrogen) atoms. The first-order chi connectivity index (χ1) is 5.40. The number of hydrogen-bond donors (Lipinski definition) is 0. The highest BCUT2D eigenvalue weighted by molar-refractivity contribution is 5.05. The van der Waals surface area contributed by atoms with E-state index in [9.17, 15) is 0 Å². The summed E-state index contributed by atoms with van der Waals surface area (Å²) < 4.78 is 0. The molecule has 2 atom stereocenters. The minimum Gasteiger partial charge on any atom is -0.0846 e. The topological polar surface area (TPSA) is 0 Å². The van der Waals surface area contributed by atoms with E-state index in [0.717, 1.165) is 17.8 Å². The van der Waals surface area contributed by atoms with Crippen LogP contribution in [0.15, 0.2) is 12.2 Å². The summed E-state index contributed by atoms with van der Waals surface area (Å²) in [5.74, 6) is 2.74. The van der Waals surface area contributed by atoms with E-state index in [4.69, 9.17) is 0 Å². The molecule has 1 fully saturated rings. The molecule has 0 aromatic rings. The Morgan fingerprint density at radius 1 is 1.25 bits per heavy atom. The molecule has 2 unspecified atom stereocenters. The van der Waals surface area contributed by atoms with Gasteiger partial charge in [0.05, 0.1) is 0 Å². The maximum absolute atomic E-state index is 2.42. The molecule has 0 nitrogen and oxygen atoms in total. The molecule has 0 aromatic heterocycles. The van der Waals surface area contributed by atoms with Crippen LogP contribution < -0.4 is 0 Å². The van der Waals surface area contributed by atoms with Gasteiger partial charge in [0.15, 0.2) is 0 Å². The van der Waals surface area contributed by atoms with Crippen LogP contribution >= 0.6 is 0 Å². The van der Waals surface area contributed by atoms with Crippen LogP contribution in [0.1, 0.15) is 41.0 Å². The van der Waals surface area contributed by atoms with E-state index in [2.05, 4.69) is 46.8 Å². The molecule has 0 bridgehead atoms. The van der Waals surface area contributed by atoms with Gasteiger partial charge in [0, 0.05) is 0 Å². The Labute approximate surface area is 77.1 Å². The van der Waals surface area contributed by atoms with E-state index in [1.807, 2.05) is 0 Å². The standard InChI is InChI=1S/C12H22/c1-9(2)11-8-10(11)6-7-12(3,4)5/h6-7,9-11H,8H2,1-5H3/b7-6+. The van der Waals surface area contributed by atoms with Gasteiger partial charge in [-0.3, -0.25) is 0 Å². The first kappa shape index (κ1) is 9.83. The summed E-state index contributed by atoms with van der Waals surface area (Å²) in [4.78, 5) is 0. The summed E-state index contributed by atoms with van der Waals surface area (Å²) in [5.41, 5.74) is 0.365. The van der Waals surface area contributed by atoms with Crippen molar-refractivity contribution in [1.82, 2.24) is 0 Å². The molecule has 0 N–H and O–H groups in total. The quantitative estimate of drug-likeness (QED) is 0.546. The Kier molecular flexibility index (Phi) is 2.65. The predicted molar refractivity (Wildman–Crippen MR) is 55.0 cm³/mol. The Bertz CT molecular complexity index is 169. The van der Waals surface area contributed by atoms with Gasteiger partial charge in [0.25, 0.3) is 0 Å². The van der Waals surface area contributed by atoms with Crippen molar-refractivity contribution in [2.24, 2.45) is 23.2 Å². The molecule has 0 amide bonds. The van der Waals surface area contributed by atoms with Gasteiger partial charge in [-0.25, -0.2) is 0 Å². The Morgan fingerprint density at radius 3 is 2.17 bits per heavy atom. The van der Waals surface area contributed by atoms with Crippen molar-refractivity contribution >= 4 is 0 Å². The van der Waals surface area contributed by atoms with Crippen molar-refractivity contribution in [2.45, 2.75) is 41.0 Å². The van der Waals surface area contributed by atoms with Crippen LogP contribution in [0.4, 0.5) is 0 Å². The van der Waals surface area contributed by atoms with Crippen molar-refractivity contribution < 1.29 is 0 Å². The van der Waals surface area contributed by atoms with Crippen LogP contribution in [0.2, 0.25) is 0 Å². The van der Waals surface area contributed by atoms with E-state index < -0.39 is 0 Å². The number of hydrogen-bond acceptors (Lipinski definition) is 0. The minimum atomic E-state index is 0.365. The van der Waals surface area contributed by atoms with Gasteiger partial charge in [-0.1, -0.05) is 46.8 Å². The average molecular weight is 166 g/mol. The maximum atomic E-state index is 2.42. The average Bonchev–Trinajstić information content (AvgIpc) is 2.59. The van der Waals surface area contributed by atoms with Crippen molar-refractivity contribution in [1.29, 1.82) is 0 Å². The lowest BCUT2D eigenvalue weighted by Crippen LogP contribution is -1.99. The third-order valence-corrected chi connectivity index (χ3v) is 2.59. The highest BCUT2D eigenvalue weighted by Crippen LogP contribution is 2.45. The van der Waals surface area contributed by atoms with E-state index in [0.29, 0.717) is 5.41 Å². The summed E-state index contributed by atoms with van der Waals surface area (Å²) in [7, 11) is 0. The van der Waals surface area contributed by atoms with Gasteiger partial charge < -0.3 is 0 Å². The van der Waals surface area contributed by atoms with Gasteiger partial charge in [-0.2, -0.15) is 0 Å². The minimum absolute atomic E-state index is 0.365. The fourth-order valence-corrected chi connectivity index (χ4v) is 1.64. The zero-order valence-electron chi connectivity index (χ0n) is 9.09. The number of rotatable bonds is 2. The van der Waals surface area contributed by atoms with Gasteiger partial charge >= 0.3 is 0 Å². The van der Waals surface area contributed by atoms with Crippen LogP contribution in [0, 0.1) is 23.2 Å². The lowest BCUT2D eigenvalue weighted by atomic mass is 9.95. The van der Waals surface area contributed by atoms with Gasteiger partial charge in [-0.15, -0.1) is 0 Å². The fourth-order valence-electron chi connectivity index (χ4n) is 1.64. The van der Waals surface area contributed by atoms with E-state index in [1.165, 1.54) is 6.42 Å². The third-order valence-electron chi connectivity index (χ3n) is 2.59. The second-order valence-corrected chi connectivity index (χ2v) is 5.53. The largest absolute Gasteiger partial charge is 0.0846 e. The Hall–Kier alpha value is -0.260. The molecule has 0 saturated heterocycles. The highest BCUT2D eigenvalue weighted by atomic mass is 14.4. The van der Waals surface area contributed by atoms with Gasteiger partial charge in [0.1, 0.15) is 0 Å². The second kappa shape index (κ2) is 3.24. The summed E-state index contributed by atoms with van der Waals surface area (Å²) >= 11 is 0. The van der Waals surface area contributed by atoms with Crippen LogP contribution in [0.25, 0.3) is 0 Å². The van der Waals surface area contributed by atoms with E-state index in [-0.39, 0.29) is 0 Å². The second-order valence-electron chi connectivity index (χ2n) is 5.53. The number of allylic oxidation sites excluding steroid dienone is 2. The van der Waals surface area contributed by atoms with Crippen LogP contribution in [0.5, 0.6) is 0 Å². The van der Waals surface area contributed by atoms with Crippen LogP contribution in [-0.4, -0.2) is 0 Å². The maximum Gasteiger partial charge on any atom is -0.0199 e. The molecule has 70 valence electrons. The lowest BCUT2D eigenvalue weighted by Gasteiger charge is -2.11. The van der Waals surface area contributed by atoms with Crippen LogP contribution in [-0.2, 0) is 0 Å². The van der Waals surface area contributed by atoms with E-state index in [1.54, 1.807) is 0 Å². The highest BCUT2D eigenvalue weighted by Gasteiger charge is 2.36. The fraction of sp³-hybridized carbons (Fsp3) is 0.833. The van der Waals surface area contributed by atoms with Gasteiger partial charge in [0.2, 0.25) is 0 Å². The van der Waals surface area contributed by atoms with Gasteiger partial charge in [-0.05, 0) is 29.6 Å². The molecule has 0 heteroatoms. The summed E-state index contributed by atoms with van der Waals surface area (Å²) in [6, 6.07) is 0. The molecule has 1 saturated carbocycles. The molecular formula is C12H22. The van der Waals surface area contributed by atoms with Crippen molar-refractivity contribution in [3.63, 3.8) is 0 Å². The molecular weight excluding hydrogens is 144 g/mol. The third kappa shape index (κ3) is 3.00. The summed E-state index contributed by atoms with van der Waals surface area (Å²) in [6.45, 7) is 11.4. The van der Waals surface area contributed by atoms with E-state index >= 15 is 0 Å². The Morgan fingerprint density at radius 2 is 1.83 bits per heavy atom. The zero-order valence-corrected chi connectivity index (χ0v) is 9.09. The van der Waals surface area contributed by atoms with Crippen molar-refractivity contribution in [3.8, 4) is 0 Å². The normalized spacial score (nSPS) is 30.2. The summed E-state index contributed by atoms with van der Waals surface area (Å²) in [5, 5.41) is 0. The Balaban J connectivity index is 2.32. The molecule has 1 rings (SSSR count). The molecule has 1 aliphatic rings. The van der Waals surface area contributed by atoms with Crippen molar-refractivity contribution in [3.05, 3.63) is 12.2 Å². The molecule has 0 spiro atoms. The summed E-state index contributed by atoms with van der Waals surface area (Å²) in [6.07, 6.45) is 6.20. The SMILES string of the molecule is CC(C)C1CC1/C=C/C(C)(C)C. The monoisotopic (exact) mass is 166 g/mol. The smallest absolute Gasteiger partial charge is 0.0199 e. The van der Waals surface area contributed by atoms with Crippen molar-refractivity contribution in [2.75, 3.05) is 0 Å². The molecule has 0 aliphatic heterocycles. The zero-order chi connectivity index (χ0) is 9.35. The molecule has 0 radical (unpaired) electrons. The predicted octanol–water partition coefficient (Wildman–Crippen LogP) is 3.88. The first-order valence-electron chi connectivity index (χ1n) is 5.09. The van der Waals surface area contributed by atoms with Crippen LogP contribution in [0.3, 0.4) is 0 Å². The molecule has 1 aliphatic carbocycles. The first-order valence-corrected chi connectivity index (χ1v) is 5.09.